The third-order valence-corrected chi connectivity index (χ3v) is 3.23. The molecule has 17 heavy (non-hydrogen) atoms. The lowest BCUT2D eigenvalue weighted by Gasteiger charge is -2.16. The van der Waals surface area contributed by atoms with Gasteiger partial charge in [0.25, 0.3) is 0 Å². The first-order valence-corrected chi connectivity index (χ1v) is 5.56. The van der Waals surface area contributed by atoms with Crippen LogP contribution < -0.4 is 11.3 Å². The number of hydrogen-bond donors (Lipinski definition) is 2. The van der Waals surface area contributed by atoms with Crippen LogP contribution in [0.15, 0.2) is 39.6 Å². The van der Waals surface area contributed by atoms with Gasteiger partial charge in [0.05, 0.1) is 23.0 Å². The van der Waals surface area contributed by atoms with Crippen LogP contribution in [0.3, 0.4) is 0 Å². The molecule has 0 fully saturated rings. The predicted molar refractivity (Wildman–Crippen MR) is 61.9 cm³/mol. The largest absolute Gasteiger partial charge is 0.472 e. The molecule has 0 saturated carbocycles. The zero-order valence-corrected chi connectivity index (χ0v) is 10.2. The first-order valence-electron chi connectivity index (χ1n) is 4.76. The van der Waals surface area contributed by atoms with E-state index >= 15 is 0 Å². The summed E-state index contributed by atoms with van der Waals surface area (Å²) in [5, 5.41) is 0. The van der Waals surface area contributed by atoms with Gasteiger partial charge >= 0.3 is 0 Å². The van der Waals surface area contributed by atoms with Crippen LogP contribution in [0.2, 0.25) is 0 Å². The van der Waals surface area contributed by atoms with Crippen LogP contribution in [0.4, 0.5) is 8.78 Å². The van der Waals surface area contributed by atoms with Crippen molar-refractivity contribution in [2.75, 3.05) is 0 Å². The van der Waals surface area contributed by atoms with Crippen LogP contribution in [0, 0.1) is 11.6 Å². The Hall–Kier alpha value is -1.24. The number of nitrogens with two attached hydrogens (primary N) is 1. The average molecular weight is 303 g/mol. The Bertz CT molecular complexity index is 516. The average Bonchev–Trinajstić information content (AvgIpc) is 2.84. The van der Waals surface area contributed by atoms with Crippen LogP contribution >= 0.6 is 15.9 Å². The Labute approximate surface area is 105 Å². The molecule has 0 saturated heterocycles. The zero-order valence-electron chi connectivity index (χ0n) is 8.58. The number of hydrogen-bond acceptors (Lipinski definition) is 3. The molecule has 3 N–H and O–H groups in total. The summed E-state index contributed by atoms with van der Waals surface area (Å²) < 4.78 is 31.4. The standard InChI is InChI=1S/C11H9BrF2N2O/c12-9-7(1-2-8(13)10(9)14)11(16-15)6-3-4-17-5-6/h1-5,11,16H,15H2. The van der Waals surface area contributed by atoms with E-state index in [1.165, 1.54) is 18.6 Å². The van der Waals surface area contributed by atoms with Gasteiger partial charge in [-0.3, -0.25) is 5.84 Å². The van der Waals surface area contributed by atoms with Gasteiger partial charge in [-0.15, -0.1) is 0 Å². The molecule has 2 rings (SSSR count). The van der Waals surface area contributed by atoms with Gasteiger partial charge in [0, 0.05) is 5.56 Å². The summed E-state index contributed by atoms with van der Waals surface area (Å²) in [5.74, 6) is 3.57. The van der Waals surface area contributed by atoms with E-state index in [9.17, 15) is 8.78 Å². The molecular weight excluding hydrogens is 294 g/mol. The van der Waals surface area contributed by atoms with Crippen LogP contribution in [-0.4, -0.2) is 0 Å². The Morgan fingerprint density at radius 2 is 2.06 bits per heavy atom. The van der Waals surface area contributed by atoms with Gasteiger partial charge in [-0.2, -0.15) is 0 Å². The molecule has 1 aromatic heterocycles. The summed E-state index contributed by atoms with van der Waals surface area (Å²) >= 11 is 3.02. The minimum absolute atomic E-state index is 0.0432. The first kappa shape index (κ1) is 12.2. The molecular formula is C11H9BrF2N2O. The summed E-state index contributed by atoms with van der Waals surface area (Å²) in [6.07, 6.45) is 2.96. The lowest BCUT2D eigenvalue weighted by molar-refractivity contribution is 0.498. The maximum absolute atomic E-state index is 13.4. The topological polar surface area (TPSA) is 51.2 Å². The highest BCUT2D eigenvalue weighted by Crippen LogP contribution is 2.31. The molecule has 1 aromatic carbocycles. The van der Waals surface area contributed by atoms with Crippen molar-refractivity contribution in [2.45, 2.75) is 6.04 Å². The molecule has 2 aromatic rings. The summed E-state index contributed by atoms with van der Waals surface area (Å²) in [4.78, 5) is 0. The van der Waals surface area contributed by atoms with E-state index < -0.39 is 17.7 Å². The van der Waals surface area contributed by atoms with Crippen molar-refractivity contribution in [3.63, 3.8) is 0 Å². The van der Waals surface area contributed by atoms with Crippen molar-refractivity contribution < 1.29 is 13.2 Å². The number of nitrogens with one attached hydrogen (secondary N) is 1. The van der Waals surface area contributed by atoms with Crippen LogP contribution in [-0.2, 0) is 0 Å². The Balaban J connectivity index is 2.49. The quantitative estimate of drug-likeness (QED) is 0.521. The van der Waals surface area contributed by atoms with Crippen molar-refractivity contribution in [3.8, 4) is 0 Å². The second-order valence-electron chi connectivity index (χ2n) is 3.42. The number of furan rings is 1. The highest BCUT2D eigenvalue weighted by Gasteiger charge is 2.20. The predicted octanol–water partition coefficient (Wildman–Crippen LogP) is 2.87. The third kappa shape index (κ3) is 2.24. The summed E-state index contributed by atoms with van der Waals surface area (Å²) in [5.41, 5.74) is 3.74. The lowest BCUT2D eigenvalue weighted by atomic mass is 10.0. The van der Waals surface area contributed by atoms with Gasteiger partial charge < -0.3 is 4.42 Å². The molecule has 0 amide bonds. The molecule has 3 nitrogen and oxygen atoms in total. The van der Waals surface area contributed by atoms with Crippen LogP contribution in [0.25, 0.3) is 0 Å². The van der Waals surface area contributed by atoms with Gasteiger partial charge in [0.2, 0.25) is 0 Å². The second-order valence-corrected chi connectivity index (χ2v) is 4.21. The number of benzene rings is 1. The molecule has 0 aliphatic carbocycles. The van der Waals surface area contributed by atoms with Gasteiger partial charge in [-0.1, -0.05) is 6.07 Å². The smallest absolute Gasteiger partial charge is 0.173 e. The fourth-order valence-electron chi connectivity index (χ4n) is 1.57. The van der Waals surface area contributed by atoms with E-state index in [1.807, 2.05) is 0 Å². The molecule has 90 valence electrons. The summed E-state index contributed by atoms with van der Waals surface area (Å²) in [6, 6.07) is 3.73. The normalized spacial score (nSPS) is 12.7. The Kier molecular flexibility index (Phi) is 3.56. The summed E-state index contributed by atoms with van der Waals surface area (Å²) in [6.45, 7) is 0. The number of hydrazine groups is 1. The second kappa shape index (κ2) is 4.95. The van der Waals surface area contributed by atoms with E-state index in [2.05, 4.69) is 21.4 Å². The Morgan fingerprint density at radius 3 is 2.65 bits per heavy atom. The SMILES string of the molecule is NNC(c1ccoc1)c1ccc(F)c(F)c1Br. The molecule has 0 spiro atoms. The molecule has 0 radical (unpaired) electrons. The van der Waals surface area contributed by atoms with Crippen molar-refractivity contribution >= 4 is 15.9 Å². The highest BCUT2D eigenvalue weighted by atomic mass is 79.9. The van der Waals surface area contributed by atoms with Crippen molar-refractivity contribution in [2.24, 2.45) is 5.84 Å². The van der Waals surface area contributed by atoms with Gasteiger partial charge in [-0.25, -0.2) is 14.2 Å². The van der Waals surface area contributed by atoms with E-state index in [4.69, 9.17) is 10.3 Å². The minimum atomic E-state index is -0.939. The van der Waals surface area contributed by atoms with E-state index in [0.29, 0.717) is 5.56 Å². The Morgan fingerprint density at radius 1 is 1.29 bits per heavy atom. The molecule has 6 heteroatoms. The van der Waals surface area contributed by atoms with E-state index in [0.717, 1.165) is 11.6 Å². The number of rotatable bonds is 3. The molecule has 0 bridgehead atoms. The first-order chi connectivity index (χ1) is 8.15. The van der Waals surface area contributed by atoms with Crippen molar-refractivity contribution in [3.05, 3.63) is 58.0 Å². The number of halogens is 3. The molecule has 1 unspecified atom stereocenters. The highest BCUT2D eigenvalue weighted by molar-refractivity contribution is 9.10. The molecule has 1 heterocycles. The minimum Gasteiger partial charge on any atom is -0.472 e. The fourth-order valence-corrected chi connectivity index (χ4v) is 2.12. The zero-order chi connectivity index (χ0) is 12.4. The van der Waals surface area contributed by atoms with Crippen molar-refractivity contribution in [1.82, 2.24) is 5.43 Å². The third-order valence-electron chi connectivity index (χ3n) is 2.42. The fraction of sp³-hybridized carbons (Fsp3) is 0.0909. The van der Waals surface area contributed by atoms with Gasteiger partial charge in [0.15, 0.2) is 11.6 Å². The monoisotopic (exact) mass is 302 g/mol. The van der Waals surface area contributed by atoms with Gasteiger partial charge in [-0.05, 0) is 33.6 Å². The van der Waals surface area contributed by atoms with Crippen molar-refractivity contribution in [1.29, 1.82) is 0 Å². The van der Waals surface area contributed by atoms with Crippen LogP contribution in [0.5, 0.6) is 0 Å². The van der Waals surface area contributed by atoms with E-state index in [-0.39, 0.29) is 4.47 Å². The van der Waals surface area contributed by atoms with E-state index in [1.54, 1.807) is 6.07 Å². The molecule has 1 atom stereocenters. The maximum Gasteiger partial charge on any atom is 0.173 e. The van der Waals surface area contributed by atoms with Crippen LogP contribution in [0.1, 0.15) is 17.2 Å². The lowest BCUT2D eigenvalue weighted by Crippen LogP contribution is -2.29. The molecule has 0 aliphatic rings. The summed E-state index contributed by atoms with van der Waals surface area (Å²) in [7, 11) is 0. The maximum atomic E-state index is 13.4. The molecule has 0 aliphatic heterocycles. The van der Waals surface area contributed by atoms with Gasteiger partial charge in [0.1, 0.15) is 0 Å².